The summed E-state index contributed by atoms with van der Waals surface area (Å²) in [5.74, 6) is -2.76. The van der Waals surface area contributed by atoms with Crippen molar-refractivity contribution in [3.8, 4) is 0 Å². The third-order valence-corrected chi connectivity index (χ3v) is 9.51. The average molecular weight is 773 g/mol. The number of nitrogens with zero attached hydrogens (tertiary/aromatic N) is 1. The number of carbonyl (C=O) groups is 4. The zero-order chi connectivity index (χ0) is 38.9. The first-order valence-corrected chi connectivity index (χ1v) is 18.3. The van der Waals surface area contributed by atoms with Crippen molar-refractivity contribution < 1.29 is 62.5 Å². The van der Waals surface area contributed by atoms with Gasteiger partial charge in [-0.3, -0.25) is 24.1 Å². The van der Waals surface area contributed by atoms with Crippen molar-refractivity contribution in [2.75, 3.05) is 31.6 Å². The van der Waals surface area contributed by atoms with E-state index in [2.05, 4.69) is 10.2 Å². The first-order chi connectivity index (χ1) is 25.8. The number of anilines is 1. The molecule has 2 aromatic carbocycles. The number of nitrogens with one attached hydrogen (secondary N) is 1. The quantitative estimate of drug-likeness (QED) is 0.153. The molecule has 3 saturated heterocycles. The summed E-state index contributed by atoms with van der Waals surface area (Å²) in [7, 11) is 0. The Morgan fingerprint density at radius 2 is 1.52 bits per heavy atom. The molecule has 0 spiro atoms. The van der Waals surface area contributed by atoms with Crippen LogP contribution in [0.5, 0.6) is 0 Å². The maximum Gasteiger partial charge on any atom is 0.303 e. The molecule has 2 aromatic rings. The summed E-state index contributed by atoms with van der Waals surface area (Å²) < 4.78 is 41.0. The molecule has 3 aliphatic rings. The smallest absolute Gasteiger partial charge is 0.303 e. The lowest BCUT2D eigenvalue weighted by molar-refractivity contribution is -0.252. The zero-order valence-electron chi connectivity index (χ0n) is 30.7. The molecule has 0 aliphatic carbocycles. The number of aliphatic hydroxyl groups is 2. The van der Waals surface area contributed by atoms with Gasteiger partial charge >= 0.3 is 23.9 Å². The normalized spacial score (nSPS) is 28.4. The fourth-order valence-electron chi connectivity index (χ4n) is 6.94. The van der Waals surface area contributed by atoms with E-state index in [0.29, 0.717) is 31.6 Å². The number of rotatable bonds is 13. The number of likely N-dealkylation sites (tertiary alicyclic amines) is 1. The summed E-state index contributed by atoms with van der Waals surface area (Å²) in [6.07, 6.45) is -6.23. The Morgan fingerprint density at radius 3 is 2.13 bits per heavy atom. The Kier molecular flexibility index (Phi) is 14.5. The van der Waals surface area contributed by atoms with Gasteiger partial charge in [0.15, 0.2) is 24.6 Å². The van der Waals surface area contributed by atoms with E-state index in [-0.39, 0.29) is 42.9 Å². The molecule has 5 rings (SSSR count). The van der Waals surface area contributed by atoms with Crippen molar-refractivity contribution in [3.63, 3.8) is 0 Å². The van der Waals surface area contributed by atoms with Gasteiger partial charge < -0.3 is 48.7 Å². The second kappa shape index (κ2) is 19.0. The number of carbonyl (C=O) groups excluding carboxylic acids is 4. The van der Waals surface area contributed by atoms with Crippen LogP contribution in [0.25, 0.3) is 0 Å². The highest BCUT2D eigenvalue weighted by molar-refractivity contribution is 7.80. The van der Waals surface area contributed by atoms with Crippen molar-refractivity contribution in [1.29, 1.82) is 0 Å². The van der Waals surface area contributed by atoms with Crippen LogP contribution < -0.4 is 5.32 Å². The van der Waals surface area contributed by atoms with Crippen LogP contribution >= 0.6 is 12.2 Å². The molecular formula is C38H48N2O13S. The summed E-state index contributed by atoms with van der Waals surface area (Å²) >= 11 is 5.75. The second-order valence-corrected chi connectivity index (χ2v) is 14.2. The summed E-state index contributed by atoms with van der Waals surface area (Å²) in [5.41, 5.74) is 3.07. The van der Waals surface area contributed by atoms with Gasteiger partial charge in [-0.05, 0) is 29.7 Å². The number of hydrogen-bond donors (Lipinski definition) is 3. The van der Waals surface area contributed by atoms with Crippen LogP contribution in [0.3, 0.4) is 0 Å². The van der Waals surface area contributed by atoms with Crippen LogP contribution in [-0.2, 0) is 58.9 Å². The molecule has 3 N–H and O–H groups in total. The van der Waals surface area contributed by atoms with Crippen molar-refractivity contribution in [3.05, 3.63) is 65.2 Å². The lowest BCUT2D eigenvalue weighted by Crippen LogP contribution is -2.62. The number of β-amino-alcohol motifs (C(OH)–C–C–N with tert-alkyl or cyclic N) is 1. The standard InChI is InChI=1S/C38H48N2O13S/c1-21(42)47-20-33-36(49-23(3)44)37(50-24(4)45)35(48-22(2)43)32(52-33)16-34(54)39-28-7-5-6-27(14-28)38-51-30(18-40-13-12-29(46)17-40)15-31(53-38)26-10-8-25(19-41)9-11-26/h5-11,14,29-33,35-38,41,46H,12-13,15-20H2,1-4H3,(H,39,54). The topological polar surface area (TPSA) is 189 Å². The molecule has 9 atom stereocenters. The SMILES string of the molecule is CC(=O)OCC1OC(CC(=S)Nc2cccc(C3OC(CN4CCC(O)C4)CC(c4ccc(CO)cc4)O3)c2)C(OC(C)=O)C(OC(C)=O)C1OC(C)=O. The number of ether oxygens (including phenoxy) is 7. The Bertz CT molecular complexity index is 1640. The molecule has 294 valence electrons. The van der Waals surface area contributed by atoms with Crippen LogP contribution in [0.4, 0.5) is 5.69 Å². The first-order valence-electron chi connectivity index (χ1n) is 17.9. The minimum Gasteiger partial charge on any atom is -0.463 e. The fourth-order valence-corrected chi connectivity index (χ4v) is 7.22. The zero-order valence-corrected chi connectivity index (χ0v) is 31.5. The van der Waals surface area contributed by atoms with Crippen LogP contribution in [0.15, 0.2) is 48.5 Å². The molecule has 0 radical (unpaired) electrons. The predicted molar refractivity (Wildman–Crippen MR) is 195 cm³/mol. The van der Waals surface area contributed by atoms with Gasteiger partial charge in [0, 0.05) is 71.4 Å². The third-order valence-electron chi connectivity index (χ3n) is 9.24. The van der Waals surface area contributed by atoms with E-state index in [1.807, 2.05) is 42.5 Å². The van der Waals surface area contributed by atoms with Gasteiger partial charge in [0.1, 0.15) is 18.8 Å². The molecule has 15 nitrogen and oxygen atoms in total. The van der Waals surface area contributed by atoms with Gasteiger partial charge in [-0.25, -0.2) is 0 Å². The Labute approximate surface area is 319 Å². The molecule has 0 aromatic heterocycles. The first kappa shape index (κ1) is 41.1. The van der Waals surface area contributed by atoms with Crippen molar-refractivity contribution in [2.24, 2.45) is 0 Å². The summed E-state index contributed by atoms with van der Waals surface area (Å²) in [5, 5.41) is 22.9. The third kappa shape index (κ3) is 11.5. The van der Waals surface area contributed by atoms with Crippen LogP contribution in [0, 0.1) is 0 Å². The molecular weight excluding hydrogens is 724 g/mol. The van der Waals surface area contributed by atoms with E-state index in [9.17, 15) is 29.4 Å². The highest BCUT2D eigenvalue weighted by Gasteiger charge is 2.52. The molecule has 0 bridgehead atoms. The Balaban J connectivity index is 1.34. The van der Waals surface area contributed by atoms with Crippen LogP contribution in [0.2, 0.25) is 0 Å². The molecule has 3 fully saturated rings. The lowest BCUT2D eigenvalue weighted by Gasteiger charge is -2.44. The van der Waals surface area contributed by atoms with Crippen LogP contribution in [-0.4, -0.2) is 113 Å². The van der Waals surface area contributed by atoms with E-state index in [1.165, 1.54) is 13.8 Å². The summed E-state index contributed by atoms with van der Waals surface area (Å²) in [6.45, 7) is 6.28. The monoisotopic (exact) mass is 772 g/mol. The minimum absolute atomic E-state index is 0.0370. The fraction of sp³-hybridized carbons (Fsp3) is 0.553. The minimum atomic E-state index is -1.30. The number of aliphatic hydroxyl groups excluding tert-OH is 2. The number of esters is 4. The van der Waals surface area contributed by atoms with Gasteiger partial charge in [-0.15, -0.1) is 0 Å². The molecule has 3 heterocycles. The average Bonchev–Trinajstić information content (AvgIpc) is 3.53. The number of thiocarbonyl (C=S) groups is 1. The molecule has 16 heteroatoms. The molecule has 0 amide bonds. The number of benzene rings is 2. The van der Waals surface area contributed by atoms with E-state index < -0.39 is 60.7 Å². The van der Waals surface area contributed by atoms with Crippen molar-refractivity contribution in [2.45, 2.75) is 109 Å². The molecule has 54 heavy (non-hydrogen) atoms. The Morgan fingerprint density at radius 1 is 0.852 bits per heavy atom. The van der Waals surface area contributed by atoms with Gasteiger partial charge in [0.25, 0.3) is 0 Å². The van der Waals surface area contributed by atoms with Gasteiger partial charge in [-0.2, -0.15) is 0 Å². The molecule has 0 saturated carbocycles. The highest BCUT2D eigenvalue weighted by atomic mass is 32.1. The van der Waals surface area contributed by atoms with Crippen molar-refractivity contribution >= 4 is 46.8 Å². The molecule has 3 aliphatic heterocycles. The van der Waals surface area contributed by atoms with E-state index in [1.54, 1.807) is 6.07 Å². The van der Waals surface area contributed by atoms with E-state index in [0.717, 1.165) is 37.1 Å². The highest BCUT2D eigenvalue weighted by Crippen LogP contribution is 2.39. The largest absolute Gasteiger partial charge is 0.463 e. The molecule has 9 unspecified atom stereocenters. The van der Waals surface area contributed by atoms with Gasteiger partial charge in [0.05, 0.1) is 29.9 Å². The summed E-state index contributed by atoms with van der Waals surface area (Å²) in [6, 6.07) is 15.0. The van der Waals surface area contributed by atoms with Gasteiger partial charge in [0.2, 0.25) is 0 Å². The maximum absolute atomic E-state index is 12.3. The maximum atomic E-state index is 12.3. The van der Waals surface area contributed by atoms with Crippen molar-refractivity contribution in [1.82, 2.24) is 4.90 Å². The predicted octanol–water partition coefficient (Wildman–Crippen LogP) is 3.05. The van der Waals surface area contributed by atoms with E-state index in [4.69, 9.17) is 45.4 Å². The van der Waals surface area contributed by atoms with Crippen LogP contribution in [0.1, 0.15) is 76.0 Å². The van der Waals surface area contributed by atoms with E-state index >= 15 is 0 Å². The summed E-state index contributed by atoms with van der Waals surface area (Å²) in [4.78, 5) is 50.7. The lowest BCUT2D eigenvalue weighted by atomic mass is 9.92. The van der Waals surface area contributed by atoms with Gasteiger partial charge in [-0.1, -0.05) is 48.6 Å². The number of hydrogen-bond acceptors (Lipinski definition) is 15. The second-order valence-electron chi connectivity index (χ2n) is 13.7. The Hall–Kier alpha value is -4.03.